The van der Waals surface area contributed by atoms with E-state index in [1.807, 2.05) is 36.4 Å². The van der Waals surface area contributed by atoms with E-state index in [2.05, 4.69) is 47.8 Å². The van der Waals surface area contributed by atoms with Crippen LogP contribution in [0.25, 0.3) is 0 Å². The van der Waals surface area contributed by atoms with Gasteiger partial charge in [-0.3, -0.25) is 0 Å². The number of benzene rings is 3. The average Bonchev–Trinajstić information content (AvgIpc) is 2.71. The molecule has 3 aromatic rings. The van der Waals surface area contributed by atoms with Crippen LogP contribution in [0.1, 0.15) is 16.7 Å². The normalized spacial score (nSPS) is 10.1. The highest BCUT2D eigenvalue weighted by Crippen LogP contribution is 2.31. The highest BCUT2D eigenvalue weighted by Gasteiger charge is 2.10. The highest BCUT2D eigenvalue weighted by molar-refractivity contribution is 5.85. The summed E-state index contributed by atoms with van der Waals surface area (Å²) in [7, 11) is 1.68. The summed E-state index contributed by atoms with van der Waals surface area (Å²) in [5.41, 5.74) is 3.58. The molecule has 0 fully saturated rings. The molecule has 27 heavy (non-hydrogen) atoms. The smallest absolute Gasteiger partial charge is 0.166 e. The van der Waals surface area contributed by atoms with Gasteiger partial charge in [0.05, 0.1) is 7.11 Å². The standard InChI is InChI=1S/C23H25NO2.ClH/c1-25-22-14-8-13-21(17-24-16-15-19-9-4-2-5-10-19)23(22)26-18-20-11-6-3-7-12-20;/h2-14,24H,15-18H2,1H3;1H. The van der Waals surface area contributed by atoms with Crippen molar-refractivity contribution >= 4 is 12.4 Å². The van der Waals surface area contributed by atoms with Gasteiger partial charge < -0.3 is 14.8 Å². The molecular formula is C23H26ClNO2. The van der Waals surface area contributed by atoms with E-state index in [0.717, 1.165) is 42.1 Å². The topological polar surface area (TPSA) is 30.5 Å². The molecule has 0 bridgehead atoms. The zero-order valence-electron chi connectivity index (χ0n) is 15.6. The monoisotopic (exact) mass is 383 g/mol. The number of ether oxygens (including phenoxy) is 2. The third-order valence-electron chi connectivity index (χ3n) is 4.26. The molecule has 1 N–H and O–H groups in total. The van der Waals surface area contributed by atoms with E-state index in [-0.39, 0.29) is 12.4 Å². The number of methoxy groups -OCH3 is 1. The number of hydrogen-bond acceptors (Lipinski definition) is 3. The minimum absolute atomic E-state index is 0. The molecule has 3 aromatic carbocycles. The summed E-state index contributed by atoms with van der Waals surface area (Å²) in [5.74, 6) is 1.58. The maximum atomic E-state index is 6.10. The summed E-state index contributed by atoms with van der Waals surface area (Å²) in [6, 6.07) is 26.7. The molecule has 0 atom stereocenters. The molecule has 0 saturated heterocycles. The zero-order valence-corrected chi connectivity index (χ0v) is 16.4. The third kappa shape index (κ3) is 6.31. The Morgan fingerprint density at radius 2 is 1.44 bits per heavy atom. The molecular weight excluding hydrogens is 358 g/mol. The van der Waals surface area contributed by atoms with Crippen LogP contribution in [0, 0.1) is 0 Å². The molecule has 0 aliphatic heterocycles. The van der Waals surface area contributed by atoms with E-state index in [0.29, 0.717) is 6.61 Å². The second-order valence-electron chi connectivity index (χ2n) is 6.14. The molecule has 142 valence electrons. The summed E-state index contributed by atoms with van der Waals surface area (Å²) in [6.07, 6.45) is 1.00. The van der Waals surface area contributed by atoms with E-state index in [1.54, 1.807) is 7.11 Å². The summed E-state index contributed by atoms with van der Waals surface area (Å²) in [5, 5.41) is 3.50. The van der Waals surface area contributed by atoms with E-state index in [9.17, 15) is 0 Å². The van der Waals surface area contributed by atoms with Crippen molar-refractivity contribution in [3.63, 3.8) is 0 Å². The van der Waals surface area contributed by atoms with Gasteiger partial charge in [0.25, 0.3) is 0 Å². The summed E-state index contributed by atoms with van der Waals surface area (Å²) in [4.78, 5) is 0. The molecule has 0 amide bonds. The fourth-order valence-corrected chi connectivity index (χ4v) is 2.86. The lowest BCUT2D eigenvalue weighted by molar-refractivity contribution is 0.280. The first-order valence-electron chi connectivity index (χ1n) is 8.94. The number of halogens is 1. The Kier molecular flexibility index (Phi) is 8.69. The Bertz CT molecular complexity index is 794. The quantitative estimate of drug-likeness (QED) is 0.526. The Morgan fingerprint density at radius 1 is 0.778 bits per heavy atom. The first kappa shape index (κ1) is 20.8. The molecule has 0 aliphatic rings. The van der Waals surface area contributed by atoms with Crippen LogP contribution in [0.3, 0.4) is 0 Å². The van der Waals surface area contributed by atoms with Crippen LogP contribution in [0.2, 0.25) is 0 Å². The van der Waals surface area contributed by atoms with Crippen molar-refractivity contribution in [1.29, 1.82) is 0 Å². The summed E-state index contributed by atoms with van der Waals surface area (Å²) >= 11 is 0. The van der Waals surface area contributed by atoms with Crippen molar-refractivity contribution in [1.82, 2.24) is 5.32 Å². The van der Waals surface area contributed by atoms with Gasteiger partial charge in [0.2, 0.25) is 0 Å². The van der Waals surface area contributed by atoms with E-state index < -0.39 is 0 Å². The molecule has 0 radical (unpaired) electrons. The lowest BCUT2D eigenvalue weighted by Crippen LogP contribution is -2.17. The minimum Gasteiger partial charge on any atom is -0.493 e. The maximum Gasteiger partial charge on any atom is 0.166 e. The summed E-state index contributed by atoms with van der Waals surface area (Å²) in [6.45, 7) is 2.19. The lowest BCUT2D eigenvalue weighted by Gasteiger charge is -2.16. The van der Waals surface area contributed by atoms with Gasteiger partial charge in [0.15, 0.2) is 11.5 Å². The van der Waals surface area contributed by atoms with Crippen molar-refractivity contribution in [2.45, 2.75) is 19.6 Å². The van der Waals surface area contributed by atoms with Crippen molar-refractivity contribution in [2.75, 3.05) is 13.7 Å². The summed E-state index contributed by atoms with van der Waals surface area (Å²) < 4.78 is 11.6. The second-order valence-corrected chi connectivity index (χ2v) is 6.14. The Hall–Kier alpha value is -2.49. The van der Waals surface area contributed by atoms with Gasteiger partial charge in [0.1, 0.15) is 6.61 Å². The van der Waals surface area contributed by atoms with Crippen molar-refractivity contribution in [2.24, 2.45) is 0 Å². The van der Waals surface area contributed by atoms with Gasteiger partial charge in [-0.05, 0) is 30.2 Å². The van der Waals surface area contributed by atoms with Crippen LogP contribution in [-0.4, -0.2) is 13.7 Å². The van der Waals surface area contributed by atoms with E-state index >= 15 is 0 Å². The second kappa shape index (κ2) is 11.3. The van der Waals surface area contributed by atoms with Crippen LogP contribution < -0.4 is 14.8 Å². The van der Waals surface area contributed by atoms with Crippen molar-refractivity contribution < 1.29 is 9.47 Å². The van der Waals surface area contributed by atoms with Gasteiger partial charge in [-0.15, -0.1) is 12.4 Å². The molecule has 0 spiro atoms. The van der Waals surface area contributed by atoms with Gasteiger partial charge in [-0.2, -0.15) is 0 Å². The zero-order chi connectivity index (χ0) is 18.0. The van der Waals surface area contributed by atoms with Gasteiger partial charge in [-0.25, -0.2) is 0 Å². The predicted molar refractivity (Wildman–Crippen MR) is 113 cm³/mol. The Labute approximate surface area is 167 Å². The van der Waals surface area contributed by atoms with Gasteiger partial charge in [-0.1, -0.05) is 72.8 Å². The van der Waals surface area contributed by atoms with Gasteiger partial charge in [0, 0.05) is 12.1 Å². The van der Waals surface area contributed by atoms with Crippen LogP contribution in [0.15, 0.2) is 78.9 Å². The molecule has 0 unspecified atom stereocenters. The van der Waals surface area contributed by atoms with Crippen LogP contribution in [0.4, 0.5) is 0 Å². The lowest BCUT2D eigenvalue weighted by atomic mass is 10.1. The highest BCUT2D eigenvalue weighted by atomic mass is 35.5. The third-order valence-corrected chi connectivity index (χ3v) is 4.26. The molecule has 0 heterocycles. The van der Waals surface area contributed by atoms with Crippen LogP contribution >= 0.6 is 12.4 Å². The minimum atomic E-state index is 0. The fraction of sp³-hybridized carbons (Fsp3) is 0.217. The largest absolute Gasteiger partial charge is 0.493 e. The first-order valence-corrected chi connectivity index (χ1v) is 8.94. The van der Waals surface area contributed by atoms with E-state index in [1.165, 1.54) is 5.56 Å². The van der Waals surface area contributed by atoms with Crippen molar-refractivity contribution in [3.8, 4) is 11.5 Å². The molecule has 0 saturated carbocycles. The number of para-hydroxylation sites is 1. The molecule has 0 aromatic heterocycles. The molecule has 4 heteroatoms. The van der Waals surface area contributed by atoms with Gasteiger partial charge >= 0.3 is 0 Å². The number of nitrogens with one attached hydrogen (secondary N) is 1. The first-order chi connectivity index (χ1) is 12.9. The maximum absolute atomic E-state index is 6.10. The molecule has 3 nitrogen and oxygen atoms in total. The average molecular weight is 384 g/mol. The Morgan fingerprint density at radius 3 is 2.11 bits per heavy atom. The number of hydrogen-bond donors (Lipinski definition) is 1. The molecule has 3 rings (SSSR count). The van der Waals surface area contributed by atoms with E-state index in [4.69, 9.17) is 9.47 Å². The van der Waals surface area contributed by atoms with Crippen LogP contribution in [-0.2, 0) is 19.6 Å². The molecule has 0 aliphatic carbocycles. The van der Waals surface area contributed by atoms with Crippen LogP contribution in [0.5, 0.6) is 11.5 Å². The van der Waals surface area contributed by atoms with Crippen molar-refractivity contribution in [3.05, 3.63) is 95.6 Å². The number of rotatable bonds is 9. The predicted octanol–water partition coefficient (Wildman–Crippen LogP) is 5.03. The SMILES string of the molecule is COc1cccc(CNCCc2ccccc2)c1OCc1ccccc1.Cl. The Balaban J connectivity index is 0.00000261. The fourth-order valence-electron chi connectivity index (χ4n) is 2.86.